The van der Waals surface area contributed by atoms with Gasteiger partial charge in [0, 0.05) is 49.9 Å². The maximum atomic E-state index is 14.0. The van der Waals surface area contributed by atoms with Gasteiger partial charge in [-0.25, -0.2) is 4.79 Å². The maximum Gasteiger partial charge on any atom is 0.329 e. The van der Waals surface area contributed by atoms with Crippen molar-refractivity contribution in [2.24, 2.45) is 5.41 Å². The minimum atomic E-state index is -1.13. The molecule has 7 amide bonds. The number of amides is 7. The number of nitrogens with zero attached hydrogens (tertiary/aromatic N) is 2. The zero-order chi connectivity index (χ0) is 52.8. The fourth-order valence-corrected chi connectivity index (χ4v) is 8.89. The molecule has 19 heteroatoms. The number of benzene rings is 3. The molecule has 3 aliphatic rings. The van der Waals surface area contributed by atoms with E-state index >= 15 is 0 Å². The Balaban J connectivity index is 0.958. The van der Waals surface area contributed by atoms with E-state index in [-0.39, 0.29) is 73.8 Å². The van der Waals surface area contributed by atoms with Crippen LogP contribution in [0.2, 0.25) is 0 Å². The molecule has 3 N–H and O–H groups in total. The van der Waals surface area contributed by atoms with Gasteiger partial charge in [0.05, 0.1) is 25.3 Å². The number of esters is 1. The number of hydrogen-bond donors (Lipinski definition) is 3. The van der Waals surface area contributed by atoms with Crippen molar-refractivity contribution in [3.63, 3.8) is 0 Å². The molecule has 3 atom stereocenters. The number of Topliss-reactive ketones (excluding diaryl/α,β-unsaturated/α-hetero) is 2. The molecule has 0 spiro atoms. The van der Waals surface area contributed by atoms with Crippen LogP contribution < -0.4 is 30.2 Å². The van der Waals surface area contributed by atoms with Gasteiger partial charge in [-0.15, -0.1) is 0 Å². The molecule has 19 nitrogen and oxygen atoms in total. The van der Waals surface area contributed by atoms with Gasteiger partial charge in [0.2, 0.25) is 29.4 Å². The molecule has 0 saturated carbocycles. The highest BCUT2D eigenvalue weighted by Gasteiger charge is 2.46. The molecular weight excluding hydrogens is 943 g/mol. The zero-order valence-corrected chi connectivity index (χ0v) is 42.1. The van der Waals surface area contributed by atoms with Gasteiger partial charge in [-0.1, -0.05) is 51.5 Å². The van der Waals surface area contributed by atoms with Gasteiger partial charge < -0.3 is 34.5 Å². The largest absolute Gasteiger partial charge is 0.493 e. The van der Waals surface area contributed by atoms with Gasteiger partial charge in [-0.2, -0.15) is 0 Å². The van der Waals surface area contributed by atoms with Gasteiger partial charge in [0.15, 0.2) is 17.3 Å². The van der Waals surface area contributed by atoms with E-state index in [1.807, 2.05) is 19.1 Å². The molecule has 73 heavy (non-hydrogen) atoms. The third-order valence-corrected chi connectivity index (χ3v) is 13.5. The second kappa shape index (κ2) is 25.3. The number of hydrogen-bond acceptors (Lipinski definition) is 14. The first-order valence-corrected chi connectivity index (χ1v) is 24.9. The highest BCUT2D eigenvalue weighted by molar-refractivity contribution is 6.38. The number of fused-ring (bicyclic) bond motifs is 1. The monoisotopic (exact) mass is 1010 g/mol. The summed E-state index contributed by atoms with van der Waals surface area (Å²) in [7, 11) is 3.08. The Kier molecular flexibility index (Phi) is 19.0. The van der Waals surface area contributed by atoms with Crippen LogP contribution in [0, 0.1) is 5.41 Å². The number of nitrogens with one attached hydrogen (secondary N) is 3. The Labute approximate surface area is 424 Å². The predicted octanol–water partition coefficient (Wildman–Crippen LogP) is 5.75. The van der Waals surface area contributed by atoms with E-state index < -0.39 is 70.8 Å². The van der Waals surface area contributed by atoms with Crippen molar-refractivity contribution in [2.75, 3.05) is 39.2 Å². The Bertz CT molecular complexity index is 2610. The number of ether oxygens (including phenoxy) is 4. The number of unbranched alkanes of at least 4 members (excludes halogenated alkanes) is 2. The van der Waals surface area contributed by atoms with Crippen molar-refractivity contribution >= 4 is 64.6 Å². The van der Waals surface area contributed by atoms with Crippen molar-refractivity contribution < 1.29 is 66.9 Å². The van der Waals surface area contributed by atoms with Gasteiger partial charge in [-0.05, 0) is 105 Å². The van der Waals surface area contributed by atoms with Crippen LogP contribution in [0.5, 0.6) is 17.2 Å². The number of carbonyl (C=O) groups excluding carboxylic acids is 10. The van der Waals surface area contributed by atoms with Crippen LogP contribution in [0.3, 0.4) is 0 Å². The van der Waals surface area contributed by atoms with Gasteiger partial charge in [0.25, 0.3) is 17.7 Å². The van der Waals surface area contributed by atoms with Gasteiger partial charge in [0.1, 0.15) is 30.5 Å². The molecule has 390 valence electrons. The Hall–Kier alpha value is -7.44. The van der Waals surface area contributed by atoms with E-state index in [2.05, 4.69) is 16.0 Å². The van der Waals surface area contributed by atoms with E-state index in [4.69, 9.17) is 18.9 Å². The molecule has 2 saturated heterocycles. The van der Waals surface area contributed by atoms with E-state index in [9.17, 15) is 47.9 Å². The minimum Gasteiger partial charge on any atom is -0.493 e. The van der Waals surface area contributed by atoms with Gasteiger partial charge >= 0.3 is 5.97 Å². The Morgan fingerprint density at radius 2 is 1.56 bits per heavy atom. The second-order valence-electron chi connectivity index (χ2n) is 19.0. The Morgan fingerprint density at radius 1 is 0.808 bits per heavy atom. The molecule has 1 unspecified atom stereocenters. The van der Waals surface area contributed by atoms with Crippen LogP contribution in [0.1, 0.15) is 142 Å². The van der Waals surface area contributed by atoms with E-state index in [1.165, 1.54) is 30.2 Å². The number of carbonyl (C=O) groups is 10. The molecule has 6 rings (SSSR count). The maximum absolute atomic E-state index is 14.0. The first-order valence-electron chi connectivity index (χ1n) is 24.9. The SMILES string of the molecule is CCC(C)(C)C(=O)C(=O)N1CCCC[C@H]1C(=O)O[C@H](CCc1ccc(OC)c(OC)c1)c1cccc(NC(=O)CCC(=O)NCCCCCC(=O)COc2cccc3c2C(=O)N(C2CCC(=O)NC2=O)C3=O)c1. The summed E-state index contributed by atoms with van der Waals surface area (Å²) >= 11 is 0. The summed E-state index contributed by atoms with van der Waals surface area (Å²) in [5, 5.41) is 7.78. The summed E-state index contributed by atoms with van der Waals surface area (Å²) in [6, 6.07) is 14.7. The van der Waals surface area contributed by atoms with Crippen molar-refractivity contribution in [1.82, 2.24) is 20.4 Å². The van der Waals surface area contributed by atoms with Crippen molar-refractivity contribution in [1.29, 1.82) is 0 Å². The number of aryl methyl sites for hydroxylation is 1. The number of ketones is 2. The molecule has 2 fully saturated rings. The molecule has 0 aliphatic carbocycles. The average molecular weight is 1010 g/mol. The van der Waals surface area contributed by atoms with Crippen molar-refractivity contribution in [3.8, 4) is 17.2 Å². The third kappa shape index (κ3) is 14.0. The van der Waals surface area contributed by atoms with Crippen LogP contribution in [0.15, 0.2) is 60.7 Å². The summed E-state index contributed by atoms with van der Waals surface area (Å²) in [6.07, 6.45) is 3.76. The quantitative estimate of drug-likeness (QED) is 0.0396. The predicted molar refractivity (Wildman–Crippen MR) is 265 cm³/mol. The first kappa shape index (κ1) is 54.9. The minimum absolute atomic E-state index is 0.0104. The van der Waals surface area contributed by atoms with Gasteiger partial charge in [-0.3, -0.25) is 53.4 Å². The third-order valence-electron chi connectivity index (χ3n) is 13.5. The van der Waals surface area contributed by atoms with Crippen LogP contribution in [-0.2, 0) is 49.5 Å². The molecule has 3 aliphatic heterocycles. The number of rotatable bonds is 25. The highest BCUT2D eigenvalue weighted by Crippen LogP contribution is 2.35. The smallest absolute Gasteiger partial charge is 0.329 e. The number of imide groups is 2. The summed E-state index contributed by atoms with van der Waals surface area (Å²) in [5.41, 5.74) is 1.01. The van der Waals surface area contributed by atoms with Crippen LogP contribution in [0.25, 0.3) is 0 Å². The lowest BCUT2D eigenvalue weighted by molar-refractivity contribution is -0.164. The number of anilines is 1. The Morgan fingerprint density at radius 3 is 2.30 bits per heavy atom. The number of piperidine rings is 2. The summed E-state index contributed by atoms with van der Waals surface area (Å²) in [4.78, 5) is 132. The molecular formula is C54H65N5O14. The van der Waals surface area contributed by atoms with E-state index in [1.54, 1.807) is 51.3 Å². The summed E-state index contributed by atoms with van der Waals surface area (Å²) < 4.78 is 22.8. The standard InChI is InChI=1S/C54H65N5O14/c1-6-54(2,3)48(64)52(68)58-29-11-9-18-39(58)53(69)73-40(23-20-33-21-24-41(70-4)43(30-33)71-5)34-14-12-15-35(31-34)56-45(62)27-26-44(61)55-28-10-7-8-16-36(60)32-72-42-19-13-17-37-47(42)51(67)59(50(37)66)38-22-25-46(63)57-49(38)65/h12-15,17,19,21,24,30-31,38-40H,6-11,16,18,20,22-23,25-29,32H2,1-5H3,(H,55,61)(H,56,62)(H,57,63,65)/t38?,39-,40+/m0/s1. The van der Waals surface area contributed by atoms with Crippen molar-refractivity contribution in [2.45, 2.75) is 129 Å². The first-order chi connectivity index (χ1) is 35.0. The summed E-state index contributed by atoms with van der Waals surface area (Å²) in [5.74, 6) is -4.33. The fraction of sp³-hybridized carbons (Fsp3) is 0.481. The molecule has 3 aromatic carbocycles. The summed E-state index contributed by atoms with van der Waals surface area (Å²) in [6.45, 7) is 5.51. The highest BCUT2D eigenvalue weighted by atomic mass is 16.5. The fourth-order valence-electron chi connectivity index (χ4n) is 8.89. The number of likely N-dealkylation sites (tertiary alicyclic amines) is 1. The van der Waals surface area contributed by atoms with Crippen LogP contribution in [-0.4, -0.2) is 115 Å². The zero-order valence-electron chi connectivity index (χ0n) is 42.1. The van der Waals surface area contributed by atoms with E-state index in [0.29, 0.717) is 87.1 Å². The molecule has 0 radical (unpaired) electrons. The molecule has 0 aromatic heterocycles. The average Bonchev–Trinajstić information content (AvgIpc) is 3.64. The van der Waals surface area contributed by atoms with E-state index in [0.717, 1.165) is 10.5 Å². The van der Waals surface area contributed by atoms with Crippen molar-refractivity contribution in [3.05, 3.63) is 82.9 Å². The van der Waals surface area contributed by atoms with Crippen LogP contribution in [0.4, 0.5) is 5.69 Å². The molecule has 3 heterocycles. The lowest BCUT2D eigenvalue weighted by Gasteiger charge is -2.36. The molecule has 3 aromatic rings. The topological polar surface area (TPSA) is 250 Å². The lowest BCUT2D eigenvalue weighted by Crippen LogP contribution is -2.54. The number of methoxy groups -OCH3 is 2. The molecule has 0 bridgehead atoms. The normalized spacial score (nSPS) is 17.0. The lowest BCUT2D eigenvalue weighted by atomic mass is 9.84. The second-order valence-corrected chi connectivity index (χ2v) is 19.0. The van der Waals surface area contributed by atoms with Crippen LogP contribution >= 0.6 is 0 Å².